The Bertz CT molecular complexity index is 289. The molecule has 1 heterocycles. The van der Waals surface area contributed by atoms with Crippen molar-refractivity contribution in [3.8, 4) is 0 Å². The Kier molecular flexibility index (Phi) is 3.05. The van der Waals surface area contributed by atoms with Gasteiger partial charge >= 0.3 is 6.18 Å². The van der Waals surface area contributed by atoms with Gasteiger partial charge in [0.2, 0.25) is 5.82 Å². The molecule has 72 valence electrons. The Labute approximate surface area is 77.1 Å². The SMILES string of the molecule is FC(F)(F)c1nccc(CNCl)n1. The van der Waals surface area contributed by atoms with Crippen LogP contribution in [0.15, 0.2) is 12.3 Å². The normalized spacial score (nSPS) is 11.7. The number of nitrogens with zero attached hydrogens (tertiary/aromatic N) is 2. The van der Waals surface area contributed by atoms with E-state index in [4.69, 9.17) is 11.8 Å². The van der Waals surface area contributed by atoms with Crippen molar-refractivity contribution < 1.29 is 13.2 Å². The lowest BCUT2D eigenvalue weighted by Crippen LogP contribution is -2.13. The highest BCUT2D eigenvalue weighted by atomic mass is 35.5. The lowest BCUT2D eigenvalue weighted by atomic mass is 10.4. The maximum Gasteiger partial charge on any atom is 0.451 e. The molecular formula is C6H5ClF3N3. The average molecular weight is 212 g/mol. The quantitative estimate of drug-likeness (QED) is 0.758. The Hall–Kier alpha value is -0.880. The predicted molar refractivity (Wildman–Crippen MR) is 39.7 cm³/mol. The van der Waals surface area contributed by atoms with E-state index in [0.717, 1.165) is 6.20 Å². The second-order valence-corrected chi connectivity index (χ2v) is 2.45. The van der Waals surface area contributed by atoms with Crippen LogP contribution in [0.1, 0.15) is 11.5 Å². The molecule has 1 aromatic rings. The number of nitrogens with one attached hydrogen (secondary N) is 1. The standard InChI is InChI=1S/C6H5ClF3N3/c7-12-3-4-1-2-11-5(13-4)6(8,9)10/h1-2,12H,3H2. The van der Waals surface area contributed by atoms with Gasteiger partial charge in [-0.3, -0.25) is 0 Å². The van der Waals surface area contributed by atoms with Crippen molar-refractivity contribution in [2.45, 2.75) is 12.7 Å². The summed E-state index contributed by atoms with van der Waals surface area (Å²) in [5.41, 5.74) is 0.192. The molecule has 0 aliphatic heterocycles. The van der Waals surface area contributed by atoms with E-state index in [-0.39, 0.29) is 12.2 Å². The molecule has 0 fully saturated rings. The predicted octanol–water partition coefficient (Wildman–Crippen LogP) is 1.74. The second kappa shape index (κ2) is 3.89. The third-order valence-corrected chi connectivity index (χ3v) is 1.35. The van der Waals surface area contributed by atoms with Crippen molar-refractivity contribution in [1.29, 1.82) is 0 Å². The maximum atomic E-state index is 12.0. The zero-order valence-corrected chi connectivity index (χ0v) is 7.02. The fourth-order valence-electron chi connectivity index (χ4n) is 0.700. The second-order valence-electron chi connectivity index (χ2n) is 2.18. The summed E-state index contributed by atoms with van der Waals surface area (Å²) >= 11 is 5.11. The van der Waals surface area contributed by atoms with Crippen LogP contribution in [-0.2, 0) is 12.7 Å². The molecule has 13 heavy (non-hydrogen) atoms. The summed E-state index contributed by atoms with van der Waals surface area (Å²) in [5, 5.41) is 0. The number of hydrogen-bond donors (Lipinski definition) is 1. The third-order valence-electron chi connectivity index (χ3n) is 1.21. The van der Waals surface area contributed by atoms with Crippen molar-refractivity contribution in [3.05, 3.63) is 23.8 Å². The van der Waals surface area contributed by atoms with E-state index in [9.17, 15) is 13.2 Å². The lowest BCUT2D eigenvalue weighted by Gasteiger charge is -2.05. The van der Waals surface area contributed by atoms with Gasteiger partial charge in [-0.25, -0.2) is 14.8 Å². The highest BCUT2D eigenvalue weighted by Gasteiger charge is 2.34. The smallest absolute Gasteiger partial charge is 0.233 e. The Morgan fingerprint density at radius 3 is 2.69 bits per heavy atom. The van der Waals surface area contributed by atoms with Crippen LogP contribution in [0.25, 0.3) is 0 Å². The minimum absolute atomic E-state index is 0.0627. The molecule has 7 heteroatoms. The summed E-state index contributed by atoms with van der Waals surface area (Å²) in [5.74, 6) is -1.16. The minimum Gasteiger partial charge on any atom is -0.233 e. The molecule has 0 saturated carbocycles. The highest BCUT2D eigenvalue weighted by Crippen LogP contribution is 2.25. The van der Waals surface area contributed by atoms with Crippen LogP contribution in [0.3, 0.4) is 0 Å². The first-order valence-electron chi connectivity index (χ1n) is 3.26. The summed E-state index contributed by atoms with van der Waals surface area (Å²) in [4.78, 5) is 8.51. The molecule has 0 amide bonds. The largest absolute Gasteiger partial charge is 0.451 e. The van der Waals surface area contributed by atoms with Crippen LogP contribution < -0.4 is 4.84 Å². The van der Waals surface area contributed by atoms with E-state index in [1.54, 1.807) is 0 Å². The van der Waals surface area contributed by atoms with Crippen LogP contribution in [0.2, 0.25) is 0 Å². The van der Waals surface area contributed by atoms with E-state index < -0.39 is 12.0 Å². The van der Waals surface area contributed by atoms with Crippen molar-refractivity contribution in [2.75, 3.05) is 0 Å². The van der Waals surface area contributed by atoms with Gasteiger partial charge in [-0.2, -0.15) is 13.2 Å². The van der Waals surface area contributed by atoms with Crippen LogP contribution >= 0.6 is 11.8 Å². The first-order chi connectivity index (χ1) is 6.04. The summed E-state index contributed by atoms with van der Waals surface area (Å²) in [6.07, 6.45) is -3.47. The third kappa shape index (κ3) is 2.82. The van der Waals surface area contributed by atoms with Gasteiger partial charge in [0, 0.05) is 6.20 Å². The Morgan fingerprint density at radius 1 is 1.46 bits per heavy atom. The molecule has 3 nitrogen and oxygen atoms in total. The number of aromatic nitrogens is 2. The number of rotatable bonds is 2. The van der Waals surface area contributed by atoms with Gasteiger partial charge in [0.15, 0.2) is 0 Å². The summed E-state index contributed by atoms with van der Waals surface area (Å²) in [6, 6.07) is 1.35. The van der Waals surface area contributed by atoms with Crippen LogP contribution in [0.4, 0.5) is 13.2 Å². The monoisotopic (exact) mass is 211 g/mol. The zero-order valence-electron chi connectivity index (χ0n) is 6.27. The number of hydrogen-bond acceptors (Lipinski definition) is 3. The van der Waals surface area contributed by atoms with Crippen LogP contribution in [0.5, 0.6) is 0 Å². The van der Waals surface area contributed by atoms with E-state index in [2.05, 4.69) is 14.8 Å². The molecular weight excluding hydrogens is 207 g/mol. The topological polar surface area (TPSA) is 37.8 Å². The zero-order chi connectivity index (χ0) is 9.90. The number of halogens is 4. The molecule has 0 unspecified atom stereocenters. The van der Waals surface area contributed by atoms with E-state index in [1.807, 2.05) is 0 Å². The first kappa shape index (κ1) is 10.2. The number of alkyl halides is 3. The average Bonchev–Trinajstić information content (AvgIpc) is 2.04. The fraction of sp³-hybridized carbons (Fsp3) is 0.333. The maximum absolute atomic E-state index is 12.0. The van der Waals surface area contributed by atoms with Crippen molar-refractivity contribution in [1.82, 2.24) is 14.8 Å². The molecule has 0 atom stereocenters. The molecule has 0 bridgehead atoms. The van der Waals surface area contributed by atoms with Gasteiger partial charge in [0.05, 0.1) is 12.2 Å². The summed E-state index contributed by atoms with van der Waals surface area (Å²) < 4.78 is 36.1. The Balaban J connectivity index is 2.92. The van der Waals surface area contributed by atoms with Crippen LogP contribution in [-0.4, -0.2) is 9.97 Å². The summed E-state index contributed by atoms with van der Waals surface area (Å²) in [7, 11) is 0. The van der Waals surface area contributed by atoms with E-state index >= 15 is 0 Å². The van der Waals surface area contributed by atoms with Gasteiger partial charge in [-0.1, -0.05) is 0 Å². The van der Waals surface area contributed by atoms with E-state index in [0.29, 0.717) is 0 Å². The van der Waals surface area contributed by atoms with Crippen LogP contribution in [0, 0.1) is 0 Å². The fourth-order valence-corrected chi connectivity index (χ4v) is 0.836. The van der Waals surface area contributed by atoms with E-state index in [1.165, 1.54) is 6.07 Å². The van der Waals surface area contributed by atoms with Crippen molar-refractivity contribution >= 4 is 11.8 Å². The molecule has 0 spiro atoms. The molecule has 0 radical (unpaired) electrons. The highest BCUT2D eigenvalue weighted by molar-refractivity contribution is 6.13. The van der Waals surface area contributed by atoms with Crippen molar-refractivity contribution in [2.24, 2.45) is 0 Å². The van der Waals surface area contributed by atoms with Gasteiger partial charge < -0.3 is 0 Å². The lowest BCUT2D eigenvalue weighted by molar-refractivity contribution is -0.145. The molecule has 1 aromatic heterocycles. The molecule has 1 N–H and O–H groups in total. The molecule has 0 saturated heterocycles. The molecule has 0 aliphatic carbocycles. The minimum atomic E-state index is -4.51. The van der Waals surface area contributed by atoms with Crippen molar-refractivity contribution in [3.63, 3.8) is 0 Å². The van der Waals surface area contributed by atoms with Gasteiger partial charge in [0.1, 0.15) is 0 Å². The van der Waals surface area contributed by atoms with Gasteiger partial charge in [-0.15, -0.1) is 0 Å². The van der Waals surface area contributed by atoms with Gasteiger partial charge in [-0.05, 0) is 17.8 Å². The Morgan fingerprint density at radius 2 is 2.15 bits per heavy atom. The molecule has 0 aliphatic rings. The molecule has 1 rings (SSSR count). The van der Waals surface area contributed by atoms with Gasteiger partial charge in [0.25, 0.3) is 0 Å². The summed E-state index contributed by atoms with van der Waals surface area (Å²) in [6.45, 7) is 0.0627. The molecule has 0 aromatic carbocycles. The first-order valence-corrected chi connectivity index (χ1v) is 3.64.